The number of hydrogen-bond donors (Lipinski definition) is 3. The Morgan fingerprint density at radius 1 is 1.02 bits per heavy atom. The number of carboxylic acids is 2. The second kappa shape index (κ2) is 12.5. The third-order valence-corrected chi connectivity index (χ3v) is 6.02. The molecule has 1 atom stereocenters. The van der Waals surface area contributed by atoms with Gasteiger partial charge >= 0.3 is 24.3 Å². The Hall–Kier alpha value is -3.67. The second-order valence-corrected chi connectivity index (χ2v) is 10.5. The van der Waals surface area contributed by atoms with Crippen LogP contribution in [0.5, 0.6) is 0 Å². The minimum atomic E-state index is -5.08. The van der Waals surface area contributed by atoms with Crippen LogP contribution in [0.25, 0.3) is 0 Å². The minimum Gasteiger partial charge on any atom is -0.475 e. The predicted octanol–water partition coefficient (Wildman–Crippen LogP) is 2.76. The monoisotopic (exact) mass is 600 g/mol. The highest BCUT2D eigenvalue weighted by atomic mass is 19.4. The van der Waals surface area contributed by atoms with E-state index >= 15 is 0 Å². The molecule has 0 aromatic carbocycles. The Bertz CT molecular complexity index is 1180. The van der Waals surface area contributed by atoms with E-state index in [9.17, 15) is 31.1 Å². The first-order valence-electron chi connectivity index (χ1n) is 12.0. The average molecular weight is 601 g/mol. The van der Waals surface area contributed by atoms with Gasteiger partial charge in [0.25, 0.3) is 5.91 Å². The van der Waals surface area contributed by atoms with Crippen molar-refractivity contribution in [1.29, 1.82) is 0 Å². The van der Waals surface area contributed by atoms with Crippen molar-refractivity contribution in [1.82, 2.24) is 29.9 Å². The first-order chi connectivity index (χ1) is 18.6. The number of furan rings is 1. The molecule has 3 N–H and O–H groups in total. The quantitative estimate of drug-likeness (QED) is 0.448. The third-order valence-electron chi connectivity index (χ3n) is 6.02. The maximum Gasteiger partial charge on any atom is 0.490 e. The van der Waals surface area contributed by atoms with Gasteiger partial charge in [-0.3, -0.25) is 14.6 Å². The fraction of sp³-hybridized carbons (Fsp3) is 0.609. The molecule has 1 unspecified atom stereocenters. The van der Waals surface area contributed by atoms with Crippen molar-refractivity contribution in [2.45, 2.75) is 70.3 Å². The largest absolute Gasteiger partial charge is 0.490 e. The van der Waals surface area contributed by atoms with Gasteiger partial charge in [-0.15, -0.1) is 10.2 Å². The third kappa shape index (κ3) is 9.44. The molecule has 2 aliphatic heterocycles. The van der Waals surface area contributed by atoms with Crippen molar-refractivity contribution in [3.8, 4) is 0 Å². The second-order valence-electron chi connectivity index (χ2n) is 10.5. The molecule has 2 aromatic heterocycles. The standard InChI is InChI=1S/C19H28N6O2.2C2HF3O2/c1-18(2,3)20-17(26)16-22-21-15-11-23(4)19(13-25(15)16)7-8-24(12-19)10-14-6-5-9-27-14;2*3-2(4,5)1(6)7/h5-6,9H,7-8,10-13H2,1-4H3,(H,20,26);2*(H,6,7). The number of likely N-dealkylation sites (N-methyl/N-ethyl adjacent to an activating group) is 1. The van der Waals surface area contributed by atoms with E-state index in [1.807, 2.05) is 37.5 Å². The number of aliphatic carboxylic acids is 2. The first-order valence-corrected chi connectivity index (χ1v) is 12.0. The van der Waals surface area contributed by atoms with E-state index in [0.717, 1.165) is 44.2 Å². The van der Waals surface area contributed by atoms with Crippen molar-refractivity contribution < 1.29 is 55.4 Å². The number of nitrogens with one attached hydrogen (secondary N) is 1. The lowest BCUT2D eigenvalue weighted by atomic mass is 9.94. The average Bonchev–Trinajstić information content (AvgIpc) is 3.54. The Kier molecular flexibility index (Phi) is 10.2. The van der Waals surface area contributed by atoms with Gasteiger partial charge in [0, 0.05) is 25.2 Å². The van der Waals surface area contributed by atoms with Gasteiger partial charge in [-0.25, -0.2) is 9.59 Å². The van der Waals surface area contributed by atoms with E-state index in [-0.39, 0.29) is 17.0 Å². The first kappa shape index (κ1) is 33.5. The predicted molar refractivity (Wildman–Crippen MR) is 127 cm³/mol. The highest BCUT2D eigenvalue weighted by molar-refractivity contribution is 5.91. The van der Waals surface area contributed by atoms with E-state index < -0.39 is 24.3 Å². The molecule has 1 amide bonds. The molecule has 230 valence electrons. The maximum absolute atomic E-state index is 12.7. The number of carbonyl (C=O) groups is 3. The summed E-state index contributed by atoms with van der Waals surface area (Å²) in [5.74, 6) is -3.42. The molecule has 18 heteroatoms. The topological polar surface area (TPSA) is 154 Å². The Morgan fingerprint density at radius 2 is 1.59 bits per heavy atom. The number of likely N-dealkylation sites (tertiary alicyclic amines) is 1. The lowest BCUT2D eigenvalue weighted by Crippen LogP contribution is -2.55. The van der Waals surface area contributed by atoms with Crippen LogP contribution < -0.4 is 5.32 Å². The van der Waals surface area contributed by atoms with Crippen LogP contribution in [0.15, 0.2) is 22.8 Å². The summed E-state index contributed by atoms with van der Waals surface area (Å²) in [5.41, 5.74) is -0.321. The van der Waals surface area contributed by atoms with Gasteiger partial charge in [0.2, 0.25) is 5.82 Å². The van der Waals surface area contributed by atoms with Gasteiger partial charge in [-0.1, -0.05) is 0 Å². The molecule has 41 heavy (non-hydrogen) atoms. The zero-order valence-electron chi connectivity index (χ0n) is 22.5. The summed E-state index contributed by atoms with van der Waals surface area (Å²) in [7, 11) is 2.14. The SMILES string of the molecule is CN1Cc2nnc(C(=O)NC(C)(C)C)n2CC12CCN(Cc1ccco1)C2.O=C(O)C(F)(F)F.O=C(O)C(F)(F)F. The van der Waals surface area contributed by atoms with Crippen molar-refractivity contribution in [3.05, 3.63) is 35.8 Å². The highest BCUT2D eigenvalue weighted by Gasteiger charge is 2.46. The number of fused-ring (bicyclic) bond motifs is 1. The lowest BCUT2D eigenvalue weighted by molar-refractivity contribution is -0.193. The molecule has 2 aliphatic rings. The number of carbonyl (C=O) groups excluding carboxylic acids is 1. The van der Waals surface area contributed by atoms with Crippen LogP contribution >= 0.6 is 0 Å². The van der Waals surface area contributed by atoms with Crippen LogP contribution in [0.1, 0.15) is 49.4 Å². The van der Waals surface area contributed by atoms with Gasteiger partial charge in [0.05, 0.1) is 24.9 Å². The van der Waals surface area contributed by atoms with Crippen molar-refractivity contribution in [2.75, 3.05) is 20.1 Å². The number of carboxylic acid groups (broad SMARTS) is 2. The van der Waals surface area contributed by atoms with Crippen molar-refractivity contribution in [3.63, 3.8) is 0 Å². The van der Waals surface area contributed by atoms with Crippen LogP contribution in [0, 0.1) is 0 Å². The molecule has 0 bridgehead atoms. The Labute approximate surface area is 229 Å². The summed E-state index contributed by atoms with van der Waals surface area (Å²) in [6.07, 6.45) is -7.40. The number of hydrogen-bond acceptors (Lipinski definition) is 8. The Morgan fingerprint density at radius 3 is 2.05 bits per heavy atom. The molecule has 12 nitrogen and oxygen atoms in total. The molecule has 0 aliphatic carbocycles. The summed E-state index contributed by atoms with van der Waals surface area (Å²) in [6.45, 7) is 10.1. The summed E-state index contributed by atoms with van der Waals surface area (Å²) in [5, 5.41) is 25.7. The van der Waals surface area contributed by atoms with Gasteiger partial charge in [0.15, 0.2) is 0 Å². The fourth-order valence-electron chi connectivity index (χ4n) is 4.12. The van der Waals surface area contributed by atoms with E-state index in [1.165, 1.54) is 0 Å². The van der Waals surface area contributed by atoms with Gasteiger partial charge in [0.1, 0.15) is 11.6 Å². The van der Waals surface area contributed by atoms with E-state index in [0.29, 0.717) is 12.4 Å². The fourth-order valence-corrected chi connectivity index (χ4v) is 4.12. The van der Waals surface area contributed by atoms with Gasteiger partial charge in [-0.2, -0.15) is 26.3 Å². The molecule has 1 fully saturated rings. The van der Waals surface area contributed by atoms with E-state index in [1.54, 1.807) is 6.26 Å². The highest BCUT2D eigenvalue weighted by Crippen LogP contribution is 2.34. The molecule has 0 radical (unpaired) electrons. The number of aromatic nitrogens is 3. The zero-order chi connectivity index (χ0) is 31.4. The molecule has 4 heterocycles. The van der Waals surface area contributed by atoms with Crippen LogP contribution in [0.3, 0.4) is 0 Å². The zero-order valence-corrected chi connectivity index (χ0v) is 22.5. The summed E-state index contributed by atoms with van der Waals surface area (Å²) < 4.78 is 71.0. The van der Waals surface area contributed by atoms with Crippen molar-refractivity contribution >= 4 is 17.8 Å². The van der Waals surface area contributed by atoms with Crippen LogP contribution in [0.2, 0.25) is 0 Å². The number of halogens is 6. The molecule has 1 saturated heterocycles. The van der Waals surface area contributed by atoms with E-state index in [4.69, 9.17) is 24.2 Å². The Balaban J connectivity index is 0.000000349. The minimum absolute atomic E-state index is 0.0151. The number of rotatable bonds is 3. The number of amides is 1. The van der Waals surface area contributed by atoms with Gasteiger partial charge < -0.3 is 24.5 Å². The number of nitrogens with zero attached hydrogens (tertiary/aromatic N) is 5. The van der Waals surface area contributed by atoms with Crippen molar-refractivity contribution in [2.24, 2.45) is 0 Å². The molecule has 4 rings (SSSR count). The van der Waals surface area contributed by atoms with Crippen LogP contribution in [-0.2, 0) is 29.2 Å². The molecule has 1 spiro atoms. The van der Waals surface area contributed by atoms with Crippen LogP contribution in [-0.4, -0.2) is 96.2 Å². The summed E-state index contributed by atoms with van der Waals surface area (Å²) in [4.78, 5) is 35.3. The number of alkyl halides is 6. The molecular weight excluding hydrogens is 570 g/mol. The molecule has 2 aromatic rings. The van der Waals surface area contributed by atoms with Gasteiger partial charge in [-0.05, 0) is 46.4 Å². The smallest absolute Gasteiger partial charge is 0.475 e. The van der Waals surface area contributed by atoms with Crippen LogP contribution in [0.4, 0.5) is 26.3 Å². The summed E-state index contributed by atoms with van der Waals surface area (Å²) >= 11 is 0. The summed E-state index contributed by atoms with van der Waals surface area (Å²) in [6, 6.07) is 3.94. The lowest BCUT2D eigenvalue weighted by Gasteiger charge is -2.42. The normalized spacial score (nSPS) is 19.5. The molecule has 0 saturated carbocycles. The molecular formula is C23H30F6N6O6. The maximum atomic E-state index is 12.7. The van der Waals surface area contributed by atoms with E-state index in [2.05, 4.69) is 32.4 Å².